The summed E-state index contributed by atoms with van der Waals surface area (Å²) in [6, 6.07) is 3.74. The van der Waals surface area contributed by atoms with Crippen molar-refractivity contribution < 1.29 is 5.21 Å². The van der Waals surface area contributed by atoms with Gasteiger partial charge in [0.1, 0.15) is 17.2 Å². The maximum Gasteiger partial charge on any atom is 0.180 e. The molecule has 3 N–H and O–H groups in total. The maximum atomic E-state index is 8.64. The highest BCUT2D eigenvalue weighted by Gasteiger charge is 2.12. The van der Waals surface area contributed by atoms with Crippen LogP contribution < -0.4 is 10.6 Å². The van der Waals surface area contributed by atoms with Crippen LogP contribution >= 0.6 is 0 Å². The number of nitrogens with zero attached hydrogens (tertiary/aromatic N) is 5. The standard InChI is InChI=1S/C12H16N6O/c1-8(11(13)17-19)7-18(2)10-4-3-9-12(16-10)15-6-5-14-9/h3-6,8,19H,7H2,1-2H3,(H2,13,17). The molecule has 0 amide bonds. The molecule has 0 aliphatic carbocycles. The molecule has 7 heteroatoms. The van der Waals surface area contributed by atoms with E-state index in [-0.39, 0.29) is 11.8 Å². The van der Waals surface area contributed by atoms with Gasteiger partial charge in [-0.1, -0.05) is 12.1 Å². The largest absolute Gasteiger partial charge is 0.409 e. The first-order valence-electron chi connectivity index (χ1n) is 5.88. The molecular weight excluding hydrogens is 244 g/mol. The molecule has 0 radical (unpaired) electrons. The molecule has 0 aliphatic rings. The maximum absolute atomic E-state index is 8.64. The fourth-order valence-electron chi connectivity index (χ4n) is 1.75. The Morgan fingerprint density at radius 3 is 2.89 bits per heavy atom. The van der Waals surface area contributed by atoms with Gasteiger partial charge in [-0.15, -0.1) is 0 Å². The molecule has 0 aliphatic heterocycles. The Morgan fingerprint density at radius 1 is 1.42 bits per heavy atom. The van der Waals surface area contributed by atoms with E-state index in [0.717, 1.165) is 11.3 Å². The average molecular weight is 260 g/mol. The van der Waals surface area contributed by atoms with Crippen molar-refractivity contribution in [3.63, 3.8) is 0 Å². The lowest BCUT2D eigenvalue weighted by atomic mass is 10.1. The lowest BCUT2D eigenvalue weighted by Gasteiger charge is -2.21. The quantitative estimate of drug-likeness (QED) is 0.366. The minimum atomic E-state index is -0.0747. The van der Waals surface area contributed by atoms with E-state index >= 15 is 0 Å². The van der Waals surface area contributed by atoms with Crippen LogP contribution in [0.4, 0.5) is 5.82 Å². The second-order valence-corrected chi connectivity index (χ2v) is 4.37. The molecule has 0 saturated carbocycles. The molecule has 19 heavy (non-hydrogen) atoms. The van der Waals surface area contributed by atoms with E-state index in [2.05, 4.69) is 20.1 Å². The van der Waals surface area contributed by atoms with E-state index in [9.17, 15) is 0 Å². The molecule has 1 atom stereocenters. The molecule has 7 nitrogen and oxygen atoms in total. The van der Waals surface area contributed by atoms with Crippen molar-refractivity contribution in [2.45, 2.75) is 6.92 Å². The first-order valence-corrected chi connectivity index (χ1v) is 5.88. The number of fused-ring (bicyclic) bond motifs is 1. The van der Waals surface area contributed by atoms with Crippen molar-refractivity contribution >= 4 is 22.8 Å². The second-order valence-electron chi connectivity index (χ2n) is 4.37. The van der Waals surface area contributed by atoms with Crippen LogP contribution in [-0.4, -0.2) is 39.6 Å². The molecule has 2 aromatic heterocycles. The summed E-state index contributed by atoms with van der Waals surface area (Å²) in [5, 5.41) is 11.7. The van der Waals surface area contributed by atoms with Crippen LogP contribution in [0.1, 0.15) is 6.92 Å². The molecule has 0 aromatic carbocycles. The van der Waals surface area contributed by atoms with Crippen LogP contribution in [0, 0.1) is 5.92 Å². The van der Waals surface area contributed by atoms with E-state index in [1.807, 2.05) is 31.0 Å². The van der Waals surface area contributed by atoms with E-state index in [1.165, 1.54) is 0 Å². The average Bonchev–Trinajstić information content (AvgIpc) is 2.45. The van der Waals surface area contributed by atoms with Crippen molar-refractivity contribution in [3.8, 4) is 0 Å². The summed E-state index contributed by atoms with van der Waals surface area (Å²) in [4.78, 5) is 14.7. The third kappa shape index (κ3) is 2.87. The molecule has 0 spiro atoms. The molecule has 2 aromatic rings. The number of nitrogens with two attached hydrogens (primary N) is 1. The predicted molar refractivity (Wildman–Crippen MR) is 73.2 cm³/mol. The SMILES string of the molecule is CC(CN(C)c1ccc2nccnc2n1)C(N)=NO. The number of hydrogen-bond donors (Lipinski definition) is 2. The summed E-state index contributed by atoms with van der Waals surface area (Å²) in [6.07, 6.45) is 3.24. The molecule has 2 rings (SSSR count). The van der Waals surface area contributed by atoms with E-state index in [4.69, 9.17) is 10.9 Å². The molecule has 0 fully saturated rings. The number of aromatic nitrogens is 3. The minimum absolute atomic E-state index is 0.0747. The highest BCUT2D eigenvalue weighted by molar-refractivity contribution is 5.82. The van der Waals surface area contributed by atoms with Gasteiger partial charge in [0, 0.05) is 31.9 Å². The Labute approximate surface area is 110 Å². The van der Waals surface area contributed by atoms with Crippen molar-refractivity contribution in [2.75, 3.05) is 18.5 Å². The molecule has 100 valence electrons. The van der Waals surface area contributed by atoms with Gasteiger partial charge in [-0.2, -0.15) is 0 Å². The van der Waals surface area contributed by atoms with Crippen LogP contribution in [-0.2, 0) is 0 Å². The topological polar surface area (TPSA) is 101 Å². The summed E-state index contributed by atoms with van der Waals surface area (Å²) in [7, 11) is 1.89. The molecule has 0 bridgehead atoms. The van der Waals surface area contributed by atoms with Gasteiger partial charge < -0.3 is 15.8 Å². The van der Waals surface area contributed by atoms with Crippen LogP contribution in [0.5, 0.6) is 0 Å². The number of pyridine rings is 1. The van der Waals surface area contributed by atoms with Crippen molar-refractivity contribution in [1.82, 2.24) is 15.0 Å². The third-order valence-electron chi connectivity index (χ3n) is 2.88. The summed E-state index contributed by atoms with van der Waals surface area (Å²) in [6.45, 7) is 2.47. The van der Waals surface area contributed by atoms with Crippen molar-refractivity contribution in [1.29, 1.82) is 0 Å². The van der Waals surface area contributed by atoms with E-state index < -0.39 is 0 Å². The van der Waals surface area contributed by atoms with Crippen molar-refractivity contribution in [3.05, 3.63) is 24.5 Å². The zero-order chi connectivity index (χ0) is 13.8. The fourth-order valence-corrected chi connectivity index (χ4v) is 1.75. The summed E-state index contributed by atoms with van der Waals surface area (Å²) in [5.74, 6) is 0.896. The Hall–Kier alpha value is -2.44. The number of hydrogen-bond acceptors (Lipinski definition) is 6. The monoisotopic (exact) mass is 260 g/mol. The molecule has 2 heterocycles. The van der Waals surface area contributed by atoms with Crippen LogP contribution in [0.3, 0.4) is 0 Å². The molecular formula is C12H16N6O. The Kier molecular flexibility index (Phi) is 3.74. The van der Waals surface area contributed by atoms with Gasteiger partial charge in [0.2, 0.25) is 0 Å². The highest BCUT2D eigenvalue weighted by Crippen LogP contribution is 2.14. The second kappa shape index (κ2) is 5.47. The lowest BCUT2D eigenvalue weighted by Crippen LogP contribution is -2.33. The zero-order valence-corrected chi connectivity index (χ0v) is 10.9. The number of rotatable bonds is 4. The minimum Gasteiger partial charge on any atom is -0.409 e. The van der Waals surface area contributed by atoms with Gasteiger partial charge in [-0.05, 0) is 12.1 Å². The van der Waals surface area contributed by atoms with Gasteiger partial charge in [-0.3, -0.25) is 4.98 Å². The van der Waals surface area contributed by atoms with Gasteiger partial charge in [-0.25, -0.2) is 9.97 Å². The predicted octanol–water partition coefficient (Wildman–Crippen LogP) is 0.844. The van der Waals surface area contributed by atoms with Gasteiger partial charge >= 0.3 is 0 Å². The van der Waals surface area contributed by atoms with Crippen LogP contribution in [0.2, 0.25) is 0 Å². The lowest BCUT2D eigenvalue weighted by molar-refractivity contribution is 0.314. The van der Waals surface area contributed by atoms with Crippen LogP contribution in [0.15, 0.2) is 29.7 Å². The Balaban J connectivity index is 2.19. The van der Waals surface area contributed by atoms with Gasteiger partial charge in [0.05, 0.1) is 0 Å². The first kappa shape index (κ1) is 13.0. The zero-order valence-electron chi connectivity index (χ0n) is 10.9. The Morgan fingerprint density at radius 2 is 2.16 bits per heavy atom. The fraction of sp³-hybridized carbons (Fsp3) is 0.333. The highest BCUT2D eigenvalue weighted by atomic mass is 16.4. The number of oxime groups is 1. The summed E-state index contributed by atoms with van der Waals surface area (Å²) < 4.78 is 0. The summed E-state index contributed by atoms with van der Waals surface area (Å²) in [5.41, 5.74) is 6.92. The molecule has 0 saturated heterocycles. The molecule has 1 unspecified atom stereocenters. The van der Waals surface area contributed by atoms with Gasteiger partial charge in [0.25, 0.3) is 0 Å². The summed E-state index contributed by atoms with van der Waals surface area (Å²) >= 11 is 0. The normalized spacial score (nSPS) is 13.5. The number of anilines is 1. The van der Waals surface area contributed by atoms with Gasteiger partial charge in [0.15, 0.2) is 5.65 Å². The Bertz CT molecular complexity index is 600. The van der Waals surface area contributed by atoms with E-state index in [1.54, 1.807) is 12.4 Å². The third-order valence-corrected chi connectivity index (χ3v) is 2.88. The first-order chi connectivity index (χ1) is 9.11. The number of amidine groups is 1. The van der Waals surface area contributed by atoms with Crippen molar-refractivity contribution in [2.24, 2.45) is 16.8 Å². The van der Waals surface area contributed by atoms with Crippen LogP contribution in [0.25, 0.3) is 11.2 Å². The van der Waals surface area contributed by atoms with E-state index in [0.29, 0.717) is 12.2 Å². The smallest absolute Gasteiger partial charge is 0.180 e.